The number of urea groups is 1. The second-order valence-corrected chi connectivity index (χ2v) is 5.61. The molecule has 0 spiro atoms. The molecule has 116 valence electrons. The van der Waals surface area contributed by atoms with E-state index in [1.807, 2.05) is 0 Å². The predicted molar refractivity (Wildman–Crippen MR) is 81.6 cm³/mol. The number of aliphatic hydroxyl groups is 1. The number of amides is 2. The van der Waals surface area contributed by atoms with Crippen molar-refractivity contribution in [1.82, 2.24) is 10.6 Å². The van der Waals surface area contributed by atoms with Crippen molar-refractivity contribution >= 4 is 17.6 Å². The van der Waals surface area contributed by atoms with Crippen LogP contribution < -0.4 is 15.4 Å². The van der Waals surface area contributed by atoms with Crippen LogP contribution in [-0.4, -0.2) is 30.4 Å². The van der Waals surface area contributed by atoms with Gasteiger partial charge in [-0.05, 0) is 25.0 Å². The number of rotatable bonds is 4. The lowest BCUT2D eigenvalue weighted by Crippen LogP contribution is -2.48. The van der Waals surface area contributed by atoms with Crippen molar-refractivity contribution in [2.45, 2.75) is 44.4 Å². The molecule has 0 unspecified atom stereocenters. The number of halogens is 1. The molecule has 0 aliphatic heterocycles. The van der Waals surface area contributed by atoms with Gasteiger partial charge in [-0.15, -0.1) is 0 Å². The zero-order valence-corrected chi connectivity index (χ0v) is 12.8. The summed E-state index contributed by atoms with van der Waals surface area (Å²) in [5.74, 6) is 0.639. The predicted octanol–water partition coefficient (Wildman–Crippen LogP) is 2.45. The number of hydrogen-bond donors (Lipinski definition) is 3. The smallest absolute Gasteiger partial charge is 0.315 e. The van der Waals surface area contributed by atoms with E-state index in [1.165, 1.54) is 0 Å². The third-order valence-corrected chi connectivity index (χ3v) is 4.12. The van der Waals surface area contributed by atoms with Gasteiger partial charge in [0, 0.05) is 17.1 Å². The van der Waals surface area contributed by atoms with Crippen LogP contribution in [0.5, 0.6) is 5.75 Å². The zero-order valence-electron chi connectivity index (χ0n) is 12.1. The second-order valence-electron chi connectivity index (χ2n) is 5.21. The van der Waals surface area contributed by atoms with Gasteiger partial charge in [0.15, 0.2) is 0 Å². The monoisotopic (exact) mass is 312 g/mol. The zero-order chi connectivity index (χ0) is 15.2. The number of aliphatic hydroxyl groups excluding tert-OH is 1. The van der Waals surface area contributed by atoms with Crippen LogP contribution in [0.1, 0.15) is 31.2 Å². The molecule has 2 atom stereocenters. The van der Waals surface area contributed by atoms with Crippen molar-refractivity contribution in [3.63, 3.8) is 0 Å². The standard InChI is InChI=1S/C15H21ClN2O3/c1-21-14-8-4-5-11(16)10(14)9-17-15(20)18-12-6-2-3-7-13(12)19/h4-5,8,12-13,19H,2-3,6-7,9H2,1H3,(H2,17,18,20)/t12-,13-/m0/s1. The van der Waals surface area contributed by atoms with Gasteiger partial charge < -0.3 is 20.5 Å². The van der Waals surface area contributed by atoms with E-state index in [4.69, 9.17) is 16.3 Å². The molecule has 0 aromatic heterocycles. The SMILES string of the molecule is COc1cccc(Cl)c1CNC(=O)N[C@H]1CCCC[C@@H]1O. The van der Waals surface area contributed by atoms with Crippen LogP contribution in [0.15, 0.2) is 18.2 Å². The number of methoxy groups -OCH3 is 1. The lowest BCUT2D eigenvalue weighted by molar-refractivity contribution is 0.0943. The Morgan fingerprint density at radius 2 is 2.19 bits per heavy atom. The summed E-state index contributed by atoms with van der Waals surface area (Å²) in [5.41, 5.74) is 0.737. The molecule has 3 N–H and O–H groups in total. The van der Waals surface area contributed by atoms with Crippen LogP contribution in [-0.2, 0) is 6.54 Å². The molecule has 0 radical (unpaired) electrons. The van der Waals surface area contributed by atoms with Crippen molar-refractivity contribution in [2.24, 2.45) is 0 Å². The van der Waals surface area contributed by atoms with Crippen LogP contribution >= 0.6 is 11.6 Å². The first-order chi connectivity index (χ1) is 10.1. The van der Waals surface area contributed by atoms with Crippen molar-refractivity contribution < 1.29 is 14.6 Å². The Labute approximate surface area is 129 Å². The molecule has 6 heteroatoms. The van der Waals surface area contributed by atoms with Gasteiger partial charge in [0.05, 0.1) is 19.3 Å². The fourth-order valence-electron chi connectivity index (χ4n) is 2.57. The summed E-state index contributed by atoms with van der Waals surface area (Å²) in [6.07, 6.45) is 3.13. The third kappa shape index (κ3) is 4.25. The molecule has 2 amide bonds. The summed E-state index contributed by atoms with van der Waals surface area (Å²) in [5, 5.41) is 16.0. The van der Waals surface area contributed by atoms with E-state index in [-0.39, 0.29) is 18.6 Å². The maximum Gasteiger partial charge on any atom is 0.315 e. The first kappa shape index (κ1) is 15.9. The van der Waals surface area contributed by atoms with Gasteiger partial charge >= 0.3 is 6.03 Å². The average Bonchev–Trinajstić information content (AvgIpc) is 2.48. The second kappa shape index (κ2) is 7.52. The minimum atomic E-state index is -0.459. The van der Waals surface area contributed by atoms with E-state index in [1.54, 1.807) is 25.3 Å². The summed E-state index contributed by atoms with van der Waals surface area (Å²) in [6.45, 7) is 0.275. The summed E-state index contributed by atoms with van der Waals surface area (Å²) >= 11 is 6.11. The van der Waals surface area contributed by atoms with Gasteiger partial charge in [0.2, 0.25) is 0 Å². The largest absolute Gasteiger partial charge is 0.496 e. The molecule has 21 heavy (non-hydrogen) atoms. The van der Waals surface area contributed by atoms with E-state index in [2.05, 4.69) is 10.6 Å². The lowest BCUT2D eigenvalue weighted by Gasteiger charge is -2.28. The van der Waals surface area contributed by atoms with Gasteiger partial charge in [-0.3, -0.25) is 0 Å². The van der Waals surface area contributed by atoms with E-state index < -0.39 is 6.10 Å². The summed E-state index contributed by atoms with van der Waals surface area (Å²) in [6, 6.07) is 4.87. The third-order valence-electron chi connectivity index (χ3n) is 3.77. The molecule has 1 aromatic rings. The number of ether oxygens (including phenoxy) is 1. The first-order valence-corrected chi connectivity index (χ1v) is 7.53. The Balaban J connectivity index is 1.89. The number of carbonyl (C=O) groups excluding carboxylic acids is 1. The highest BCUT2D eigenvalue weighted by Crippen LogP contribution is 2.25. The highest BCUT2D eigenvalue weighted by Gasteiger charge is 2.24. The molecular formula is C15H21ClN2O3. The summed E-state index contributed by atoms with van der Waals surface area (Å²) < 4.78 is 5.23. The van der Waals surface area contributed by atoms with E-state index in [0.29, 0.717) is 10.8 Å². The number of carbonyl (C=O) groups is 1. The molecule has 2 rings (SSSR count). The number of nitrogens with one attached hydrogen (secondary N) is 2. The molecule has 1 fully saturated rings. The molecule has 1 saturated carbocycles. The Bertz CT molecular complexity index is 496. The lowest BCUT2D eigenvalue weighted by atomic mass is 9.93. The molecular weight excluding hydrogens is 292 g/mol. The Kier molecular flexibility index (Phi) is 5.70. The maximum absolute atomic E-state index is 11.9. The Morgan fingerprint density at radius 3 is 2.90 bits per heavy atom. The maximum atomic E-state index is 11.9. The quantitative estimate of drug-likeness (QED) is 0.800. The molecule has 1 aliphatic carbocycles. The normalized spacial score (nSPS) is 21.7. The van der Waals surface area contributed by atoms with Gasteiger partial charge in [-0.25, -0.2) is 4.79 Å². The molecule has 0 bridgehead atoms. The highest BCUT2D eigenvalue weighted by atomic mass is 35.5. The number of benzene rings is 1. The van der Waals surface area contributed by atoms with Crippen molar-refractivity contribution in [2.75, 3.05) is 7.11 Å². The average molecular weight is 313 g/mol. The minimum Gasteiger partial charge on any atom is -0.496 e. The first-order valence-electron chi connectivity index (χ1n) is 7.15. The molecule has 0 heterocycles. The van der Waals surface area contributed by atoms with Crippen molar-refractivity contribution in [3.05, 3.63) is 28.8 Å². The number of hydrogen-bond acceptors (Lipinski definition) is 3. The molecule has 1 aromatic carbocycles. The Hall–Kier alpha value is -1.46. The minimum absolute atomic E-state index is 0.174. The van der Waals surface area contributed by atoms with Crippen LogP contribution in [0.2, 0.25) is 5.02 Å². The van der Waals surface area contributed by atoms with Gasteiger partial charge in [-0.2, -0.15) is 0 Å². The van der Waals surface area contributed by atoms with Crippen molar-refractivity contribution in [3.8, 4) is 5.75 Å². The van der Waals surface area contributed by atoms with Crippen LogP contribution in [0.25, 0.3) is 0 Å². The molecule has 0 saturated heterocycles. The molecule has 5 nitrogen and oxygen atoms in total. The van der Waals surface area contributed by atoms with Crippen LogP contribution in [0.4, 0.5) is 4.79 Å². The highest BCUT2D eigenvalue weighted by molar-refractivity contribution is 6.31. The van der Waals surface area contributed by atoms with E-state index in [0.717, 1.165) is 31.2 Å². The van der Waals surface area contributed by atoms with Gasteiger partial charge in [0.1, 0.15) is 5.75 Å². The van der Waals surface area contributed by atoms with Crippen LogP contribution in [0.3, 0.4) is 0 Å². The van der Waals surface area contributed by atoms with E-state index in [9.17, 15) is 9.90 Å². The summed E-state index contributed by atoms with van der Waals surface area (Å²) in [4.78, 5) is 11.9. The van der Waals surface area contributed by atoms with Gasteiger partial charge in [0.25, 0.3) is 0 Å². The Morgan fingerprint density at radius 1 is 1.43 bits per heavy atom. The fraction of sp³-hybridized carbons (Fsp3) is 0.533. The van der Waals surface area contributed by atoms with Crippen LogP contribution in [0, 0.1) is 0 Å². The van der Waals surface area contributed by atoms with Crippen molar-refractivity contribution in [1.29, 1.82) is 0 Å². The molecule has 1 aliphatic rings. The topological polar surface area (TPSA) is 70.6 Å². The summed E-state index contributed by atoms with van der Waals surface area (Å²) in [7, 11) is 1.56. The van der Waals surface area contributed by atoms with E-state index >= 15 is 0 Å². The van der Waals surface area contributed by atoms with Gasteiger partial charge in [-0.1, -0.05) is 30.5 Å². The fourth-order valence-corrected chi connectivity index (χ4v) is 2.80.